The zero-order valence-corrected chi connectivity index (χ0v) is 9.01. The van der Waals surface area contributed by atoms with Gasteiger partial charge in [0, 0.05) is 18.0 Å². The number of ketones is 1. The van der Waals surface area contributed by atoms with E-state index in [4.69, 9.17) is 0 Å². The number of nitrogens with zero attached hydrogens (tertiary/aromatic N) is 1. The molecule has 0 amide bonds. The van der Waals surface area contributed by atoms with Gasteiger partial charge in [-0.3, -0.25) is 9.78 Å². The van der Waals surface area contributed by atoms with Crippen molar-refractivity contribution in [1.82, 2.24) is 4.98 Å². The Balaban J connectivity index is 2.14. The highest BCUT2D eigenvalue weighted by Gasteiger charge is 2.00. The van der Waals surface area contributed by atoms with Crippen LogP contribution >= 0.6 is 0 Å². The van der Waals surface area contributed by atoms with Crippen LogP contribution in [0.4, 0.5) is 4.39 Å². The molecule has 84 valence electrons. The normalized spacial score (nSPS) is 10.6. The lowest BCUT2D eigenvalue weighted by atomic mass is 10.1. The number of rotatable bonds is 3. The Morgan fingerprint density at radius 1 is 1.24 bits per heavy atom. The number of allylic oxidation sites excluding steroid dienone is 1. The summed E-state index contributed by atoms with van der Waals surface area (Å²) in [6.07, 6.45) is 6.09. The van der Waals surface area contributed by atoms with Crippen molar-refractivity contribution in [3.05, 3.63) is 71.8 Å². The minimum absolute atomic E-state index is 0.151. The van der Waals surface area contributed by atoms with E-state index in [0.717, 1.165) is 0 Å². The van der Waals surface area contributed by atoms with Crippen LogP contribution in [0.15, 0.2) is 54.9 Å². The van der Waals surface area contributed by atoms with Crippen molar-refractivity contribution in [2.45, 2.75) is 0 Å². The Labute approximate surface area is 98.4 Å². The molecule has 0 aliphatic heterocycles. The standard InChI is InChI=1S/C14H10FNO/c15-13-5-1-3-11(9-13)6-7-14(17)12-4-2-8-16-10-12/h1-10H/b7-6+. The second kappa shape index (κ2) is 5.16. The summed E-state index contributed by atoms with van der Waals surface area (Å²) in [6.45, 7) is 0. The van der Waals surface area contributed by atoms with Gasteiger partial charge in [-0.05, 0) is 35.9 Å². The second-order valence-electron chi connectivity index (χ2n) is 3.49. The molecule has 2 aromatic rings. The third-order valence-corrected chi connectivity index (χ3v) is 2.22. The number of benzene rings is 1. The van der Waals surface area contributed by atoms with Crippen LogP contribution in [0.3, 0.4) is 0 Å². The summed E-state index contributed by atoms with van der Waals surface area (Å²) < 4.78 is 12.9. The average Bonchev–Trinajstić information content (AvgIpc) is 2.37. The third-order valence-electron chi connectivity index (χ3n) is 2.22. The first-order chi connectivity index (χ1) is 8.25. The lowest BCUT2D eigenvalue weighted by Crippen LogP contribution is -1.94. The predicted octanol–water partition coefficient (Wildman–Crippen LogP) is 3.12. The van der Waals surface area contributed by atoms with E-state index in [2.05, 4.69) is 4.98 Å². The molecule has 3 heteroatoms. The minimum atomic E-state index is -0.319. The molecule has 0 unspecified atom stereocenters. The highest BCUT2D eigenvalue weighted by Crippen LogP contribution is 2.07. The zero-order chi connectivity index (χ0) is 12.1. The molecular weight excluding hydrogens is 217 g/mol. The van der Waals surface area contributed by atoms with Crippen LogP contribution in [-0.4, -0.2) is 10.8 Å². The van der Waals surface area contributed by atoms with Crippen molar-refractivity contribution in [1.29, 1.82) is 0 Å². The molecule has 1 aromatic heterocycles. The molecule has 0 spiro atoms. The molecule has 1 heterocycles. The van der Waals surface area contributed by atoms with Gasteiger partial charge in [0.2, 0.25) is 0 Å². The molecule has 0 saturated carbocycles. The Kier molecular flexibility index (Phi) is 3.40. The van der Waals surface area contributed by atoms with Crippen LogP contribution in [0.25, 0.3) is 6.08 Å². The Hall–Kier alpha value is -2.29. The average molecular weight is 227 g/mol. The molecule has 1 aromatic carbocycles. The van der Waals surface area contributed by atoms with Gasteiger partial charge in [-0.25, -0.2) is 4.39 Å². The van der Waals surface area contributed by atoms with Gasteiger partial charge >= 0.3 is 0 Å². The van der Waals surface area contributed by atoms with E-state index < -0.39 is 0 Å². The van der Waals surface area contributed by atoms with Crippen LogP contribution in [0.1, 0.15) is 15.9 Å². The van der Waals surface area contributed by atoms with E-state index in [0.29, 0.717) is 11.1 Å². The predicted molar refractivity (Wildman–Crippen MR) is 64.0 cm³/mol. The number of halogens is 1. The van der Waals surface area contributed by atoms with E-state index in [1.54, 1.807) is 36.5 Å². The molecule has 2 rings (SSSR count). The van der Waals surface area contributed by atoms with Crippen LogP contribution < -0.4 is 0 Å². The number of hydrogen-bond donors (Lipinski definition) is 0. The Morgan fingerprint density at radius 2 is 2.12 bits per heavy atom. The monoisotopic (exact) mass is 227 g/mol. The van der Waals surface area contributed by atoms with Crippen LogP contribution in [-0.2, 0) is 0 Å². The molecule has 0 saturated heterocycles. The Morgan fingerprint density at radius 3 is 2.82 bits per heavy atom. The fourth-order valence-corrected chi connectivity index (χ4v) is 1.39. The quantitative estimate of drug-likeness (QED) is 0.595. The van der Waals surface area contributed by atoms with Gasteiger partial charge in [-0.1, -0.05) is 18.2 Å². The molecule has 0 aliphatic carbocycles. The number of aromatic nitrogens is 1. The van der Waals surface area contributed by atoms with Crippen molar-refractivity contribution in [2.24, 2.45) is 0 Å². The molecule has 2 nitrogen and oxygen atoms in total. The minimum Gasteiger partial charge on any atom is -0.289 e. The number of pyridine rings is 1. The molecule has 0 atom stereocenters. The number of hydrogen-bond acceptors (Lipinski definition) is 2. The van der Waals surface area contributed by atoms with Crippen molar-refractivity contribution >= 4 is 11.9 Å². The van der Waals surface area contributed by atoms with Crippen molar-refractivity contribution in [2.75, 3.05) is 0 Å². The molecule has 0 fully saturated rings. The van der Waals surface area contributed by atoms with Crippen LogP contribution in [0, 0.1) is 5.82 Å². The zero-order valence-electron chi connectivity index (χ0n) is 9.01. The summed E-state index contributed by atoms with van der Waals surface area (Å²) in [7, 11) is 0. The van der Waals surface area contributed by atoms with Crippen LogP contribution in [0.2, 0.25) is 0 Å². The van der Waals surface area contributed by atoms with E-state index in [9.17, 15) is 9.18 Å². The van der Waals surface area contributed by atoms with E-state index in [-0.39, 0.29) is 11.6 Å². The number of carbonyl (C=O) groups is 1. The van der Waals surface area contributed by atoms with Gasteiger partial charge in [-0.15, -0.1) is 0 Å². The molecule has 0 radical (unpaired) electrons. The lowest BCUT2D eigenvalue weighted by Gasteiger charge is -1.95. The highest BCUT2D eigenvalue weighted by atomic mass is 19.1. The maximum atomic E-state index is 12.9. The van der Waals surface area contributed by atoms with Crippen LogP contribution in [0.5, 0.6) is 0 Å². The molecular formula is C14H10FNO. The summed E-state index contributed by atoms with van der Waals surface area (Å²) in [5.74, 6) is -0.469. The molecule has 0 bridgehead atoms. The fraction of sp³-hybridized carbons (Fsp3) is 0. The largest absolute Gasteiger partial charge is 0.289 e. The second-order valence-corrected chi connectivity index (χ2v) is 3.49. The van der Waals surface area contributed by atoms with E-state index in [1.807, 2.05) is 0 Å². The van der Waals surface area contributed by atoms with Gasteiger partial charge in [0.15, 0.2) is 5.78 Å². The maximum Gasteiger partial charge on any atom is 0.187 e. The van der Waals surface area contributed by atoms with Gasteiger partial charge in [-0.2, -0.15) is 0 Å². The van der Waals surface area contributed by atoms with Gasteiger partial charge in [0.25, 0.3) is 0 Å². The first-order valence-corrected chi connectivity index (χ1v) is 5.14. The van der Waals surface area contributed by atoms with Crippen molar-refractivity contribution < 1.29 is 9.18 Å². The number of carbonyl (C=O) groups excluding carboxylic acids is 1. The highest BCUT2D eigenvalue weighted by molar-refractivity contribution is 6.06. The topological polar surface area (TPSA) is 30.0 Å². The summed E-state index contributed by atoms with van der Waals surface area (Å²) in [6, 6.07) is 9.45. The van der Waals surface area contributed by atoms with Crippen molar-refractivity contribution in [3.8, 4) is 0 Å². The first kappa shape index (κ1) is 11.2. The van der Waals surface area contributed by atoms with Gasteiger partial charge in [0.05, 0.1) is 0 Å². The molecule has 0 N–H and O–H groups in total. The summed E-state index contributed by atoms with van der Waals surface area (Å²) in [4.78, 5) is 15.5. The maximum absolute atomic E-state index is 12.9. The van der Waals surface area contributed by atoms with E-state index in [1.165, 1.54) is 24.4 Å². The van der Waals surface area contributed by atoms with E-state index >= 15 is 0 Å². The SMILES string of the molecule is O=C(/C=C/c1cccc(F)c1)c1cccnc1. The lowest BCUT2D eigenvalue weighted by molar-refractivity contribution is 0.104. The van der Waals surface area contributed by atoms with Gasteiger partial charge < -0.3 is 0 Å². The first-order valence-electron chi connectivity index (χ1n) is 5.14. The smallest absolute Gasteiger partial charge is 0.187 e. The summed E-state index contributed by atoms with van der Waals surface area (Å²) >= 11 is 0. The third kappa shape index (κ3) is 3.08. The van der Waals surface area contributed by atoms with Gasteiger partial charge in [0.1, 0.15) is 5.82 Å². The summed E-state index contributed by atoms with van der Waals surface area (Å²) in [5, 5.41) is 0. The molecule has 0 aliphatic rings. The fourth-order valence-electron chi connectivity index (χ4n) is 1.39. The Bertz CT molecular complexity index is 549. The van der Waals surface area contributed by atoms with Crippen molar-refractivity contribution in [3.63, 3.8) is 0 Å². The molecule has 17 heavy (non-hydrogen) atoms. The summed E-state index contributed by atoms with van der Waals surface area (Å²) in [5.41, 5.74) is 1.17.